The van der Waals surface area contributed by atoms with Gasteiger partial charge in [0, 0.05) is 12.1 Å². The van der Waals surface area contributed by atoms with Crippen LogP contribution in [-0.4, -0.2) is 21.0 Å². The van der Waals surface area contributed by atoms with E-state index in [1.165, 1.54) is 24.3 Å². The molecule has 2 rings (SSSR count). The lowest BCUT2D eigenvalue weighted by Gasteiger charge is -2.09. The fourth-order valence-corrected chi connectivity index (χ4v) is 1.96. The summed E-state index contributed by atoms with van der Waals surface area (Å²) >= 11 is 4.95. The quantitative estimate of drug-likeness (QED) is 0.256. The summed E-state index contributed by atoms with van der Waals surface area (Å²) < 4.78 is 5.28. The summed E-state index contributed by atoms with van der Waals surface area (Å²) in [6, 6.07) is 6.94. The molecule has 124 valence electrons. The van der Waals surface area contributed by atoms with Gasteiger partial charge >= 0.3 is 0 Å². The van der Waals surface area contributed by atoms with Crippen LogP contribution in [0.1, 0.15) is 11.5 Å². The van der Waals surface area contributed by atoms with E-state index in [1.54, 1.807) is 19.1 Å². The van der Waals surface area contributed by atoms with Crippen molar-refractivity contribution in [3.8, 4) is 5.75 Å². The number of thiocarbonyl (C=S) groups is 1. The topological polar surface area (TPSA) is 118 Å². The summed E-state index contributed by atoms with van der Waals surface area (Å²) in [5.74, 6) is 0.390. The molecule has 0 aliphatic carbocycles. The van der Waals surface area contributed by atoms with Gasteiger partial charge in [-0.1, -0.05) is 0 Å². The Hall–Kier alpha value is -3.20. The maximum Gasteiger partial charge on any atom is 0.273 e. The summed E-state index contributed by atoms with van der Waals surface area (Å²) in [6.45, 7) is 1.78. The van der Waals surface area contributed by atoms with Crippen molar-refractivity contribution in [3.05, 3.63) is 58.0 Å². The molecule has 0 saturated carbocycles. The molecule has 24 heavy (non-hydrogen) atoms. The van der Waals surface area contributed by atoms with Crippen LogP contribution in [0.2, 0.25) is 0 Å². The number of benzene rings is 1. The predicted octanol–water partition coefficient (Wildman–Crippen LogP) is 2.73. The van der Waals surface area contributed by atoms with Gasteiger partial charge in [0.1, 0.15) is 17.3 Å². The molecule has 1 aromatic carbocycles. The van der Waals surface area contributed by atoms with Crippen LogP contribution in [0.25, 0.3) is 6.08 Å². The van der Waals surface area contributed by atoms with Gasteiger partial charge in [0.05, 0.1) is 16.7 Å². The summed E-state index contributed by atoms with van der Waals surface area (Å²) in [4.78, 5) is 21.7. The monoisotopic (exact) mass is 347 g/mol. The van der Waals surface area contributed by atoms with Crippen LogP contribution in [0, 0.1) is 17.0 Å². The third-order valence-electron chi connectivity index (χ3n) is 2.84. The lowest BCUT2D eigenvalue weighted by atomic mass is 10.2. The predicted molar refractivity (Wildman–Crippen MR) is 91.6 cm³/mol. The van der Waals surface area contributed by atoms with E-state index in [0.717, 1.165) is 11.8 Å². The van der Waals surface area contributed by atoms with Crippen molar-refractivity contribution in [2.75, 3.05) is 5.32 Å². The van der Waals surface area contributed by atoms with E-state index >= 15 is 0 Å². The minimum absolute atomic E-state index is 0.0653. The Labute approximate surface area is 141 Å². The first kappa shape index (κ1) is 17.2. The largest absolute Gasteiger partial charge is 0.506 e. The highest BCUT2D eigenvalue weighted by Crippen LogP contribution is 2.27. The van der Waals surface area contributed by atoms with Crippen molar-refractivity contribution < 1.29 is 19.2 Å². The fraction of sp³-hybridized carbons (Fsp3) is 0.0667. The summed E-state index contributed by atoms with van der Waals surface area (Å²) in [7, 11) is 0. The molecular formula is C15H13N3O5S. The number of nitro groups is 1. The average Bonchev–Trinajstić information content (AvgIpc) is 2.92. The molecule has 9 heteroatoms. The second-order valence-corrected chi connectivity index (χ2v) is 5.09. The number of nitrogens with one attached hydrogen (secondary N) is 2. The highest BCUT2D eigenvalue weighted by Gasteiger charge is 2.11. The fourth-order valence-electron chi connectivity index (χ4n) is 1.75. The number of aromatic hydroxyl groups is 1. The van der Waals surface area contributed by atoms with Crippen molar-refractivity contribution in [1.29, 1.82) is 0 Å². The zero-order valence-electron chi connectivity index (χ0n) is 12.5. The number of phenolic OH excluding ortho intramolecular Hbond substituents is 1. The van der Waals surface area contributed by atoms with Crippen LogP contribution in [0.15, 0.2) is 40.8 Å². The van der Waals surface area contributed by atoms with Gasteiger partial charge in [-0.05, 0) is 43.4 Å². The van der Waals surface area contributed by atoms with Gasteiger partial charge in [-0.2, -0.15) is 0 Å². The molecule has 0 aliphatic heterocycles. The maximum absolute atomic E-state index is 11.7. The number of nitro benzene ring substituents is 1. The molecule has 1 amide bonds. The van der Waals surface area contributed by atoms with Crippen LogP contribution in [0.3, 0.4) is 0 Å². The van der Waals surface area contributed by atoms with E-state index < -0.39 is 10.8 Å². The molecule has 0 spiro atoms. The number of aryl methyl sites for hydroxylation is 1. The number of furan rings is 1. The Bertz CT molecular complexity index is 828. The molecule has 8 nitrogen and oxygen atoms in total. The number of carbonyl (C=O) groups is 1. The summed E-state index contributed by atoms with van der Waals surface area (Å²) in [5, 5.41) is 25.2. The molecule has 0 unspecified atom stereocenters. The second kappa shape index (κ2) is 7.38. The Morgan fingerprint density at radius 3 is 2.71 bits per heavy atom. The lowest BCUT2D eigenvalue weighted by Crippen LogP contribution is -2.32. The van der Waals surface area contributed by atoms with Crippen molar-refractivity contribution in [1.82, 2.24) is 5.32 Å². The molecule has 0 bridgehead atoms. The van der Waals surface area contributed by atoms with Crippen molar-refractivity contribution in [2.24, 2.45) is 0 Å². The van der Waals surface area contributed by atoms with E-state index in [0.29, 0.717) is 5.76 Å². The van der Waals surface area contributed by atoms with Gasteiger partial charge in [0.25, 0.3) is 5.69 Å². The zero-order chi connectivity index (χ0) is 17.7. The van der Waals surface area contributed by atoms with E-state index in [-0.39, 0.29) is 22.2 Å². The average molecular weight is 347 g/mol. The molecule has 1 heterocycles. The van der Waals surface area contributed by atoms with Crippen LogP contribution in [0.4, 0.5) is 11.4 Å². The number of amides is 1. The van der Waals surface area contributed by atoms with Gasteiger partial charge in [0.15, 0.2) is 5.11 Å². The second-order valence-electron chi connectivity index (χ2n) is 4.68. The third kappa shape index (κ3) is 4.65. The molecule has 0 aliphatic rings. The number of hydrogen-bond acceptors (Lipinski definition) is 6. The van der Waals surface area contributed by atoms with Crippen LogP contribution >= 0.6 is 12.2 Å². The molecule has 0 radical (unpaired) electrons. The Morgan fingerprint density at radius 2 is 2.12 bits per heavy atom. The van der Waals surface area contributed by atoms with E-state index in [2.05, 4.69) is 10.6 Å². The van der Waals surface area contributed by atoms with Crippen LogP contribution in [0.5, 0.6) is 5.75 Å². The van der Waals surface area contributed by atoms with Gasteiger partial charge < -0.3 is 14.8 Å². The number of rotatable bonds is 4. The highest BCUT2D eigenvalue weighted by atomic mass is 32.1. The molecular weight excluding hydrogens is 334 g/mol. The van der Waals surface area contributed by atoms with Crippen molar-refractivity contribution in [3.63, 3.8) is 0 Å². The Balaban J connectivity index is 1.94. The molecule has 0 saturated heterocycles. The molecule has 0 fully saturated rings. The number of phenols is 1. The van der Waals surface area contributed by atoms with E-state index in [9.17, 15) is 20.0 Å². The number of anilines is 1. The van der Waals surface area contributed by atoms with Gasteiger partial charge in [-0.25, -0.2) is 0 Å². The zero-order valence-corrected chi connectivity index (χ0v) is 13.3. The first-order valence-corrected chi connectivity index (χ1v) is 7.10. The van der Waals surface area contributed by atoms with Gasteiger partial charge in [-0.15, -0.1) is 0 Å². The van der Waals surface area contributed by atoms with E-state index in [1.807, 2.05) is 0 Å². The smallest absolute Gasteiger partial charge is 0.273 e. The van der Waals surface area contributed by atoms with Crippen molar-refractivity contribution >= 4 is 40.7 Å². The van der Waals surface area contributed by atoms with E-state index in [4.69, 9.17) is 16.6 Å². The number of hydrogen-bond donors (Lipinski definition) is 3. The summed E-state index contributed by atoms with van der Waals surface area (Å²) in [5.41, 5.74) is -0.124. The minimum Gasteiger partial charge on any atom is -0.506 e. The molecule has 0 atom stereocenters. The first-order valence-electron chi connectivity index (χ1n) is 6.69. The number of non-ortho nitro benzene ring substituents is 1. The standard InChI is InChI=1S/C15H13N3O5S/c1-9-2-4-11(23-9)5-7-14(20)17-15(24)16-12-6-3-10(18(21)22)8-13(12)19/h2-8,19H,1H3,(H2,16,17,20,24)/b7-5+. The highest BCUT2D eigenvalue weighted by molar-refractivity contribution is 7.80. The molecule has 3 N–H and O–H groups in total. The van der Waals surface area contributed by atoms with Crippen LogP contribution < -0.4 is 10.6 Å². The molecule has 1 aromatic heterocycles. The lowest BCUT2D eigenvalue weighted by molar-refractivity contribution is -0.384. The minimum atomic E-state index is -0.634. The van der Waals surface area contributed by atoms with Gasteiger partial charge in [0.2, 0.25) is 5.91 Å². The molecule has 2 aromatic rings. The van der Waals surface area contributed by atoms with Crippen molar-refractivity contribution in [2.45, 2.75) is 6.92 Å². The number of carbonyl (C=O) groups excluding carboxylic acids is 1. The van der Waals surface area contributed by atoms with Gasteiger partial charge in [-0.3, -0.25) is 20.2 Å². The first-order chi connectivity index (χ1) is 11.3. The van der Waals surface area contributed by atoms with Crippen LogP contribution in [-0.2, 0) is 4.79 Å². The maximum atomic E-state index is 11.7. The SMILES string of the molecule is Cc1ccc(/C=C/C(=O)NC(=S)Nc2ccc([N+](=O)[O-])cc2O)o1. The number of nitrogens with zero attached hydrogens (tertiary/aromatic N) is 1. The Kier molecular flexibility index (Phi) is 5.27. The summed E-state index contributed by atoms with van der Waals surface area (Å²) in [6.07, 6.45) is 2.72. The third-order valence-corrected chi connectivity index (χ3v) is 3.04. The normalized spacial score (nSPS) is 10.5. The Morgan fingerprint density at radius 1 is 1.38 bits per heavy atom.